The fourth-order valence-corrected chi connectivity index (χ4v) is 4.47. The molecule has 0 aliphatic carbocycles. The monoisotopic (exact) mass is 328 g/mol. The van der Waals surface area contributed by atoms with Gasteiger partial charge in [0.2, 0.25) is 10.0 Å². The van der Waals surface area contributed by atoms with E-state index in [-0.39, 0.29) is 17.6 Å². The predicted octanol–water partition coefficient (Wildman–Crippen LogP) is 0.455. The number of likely N-dealkylation sites (tertiary alicyclic amines) is 1. The number of sulfonamides is 1. The molecule has 1 unspecified atom stereocenters. The Morgan fingerprint density at radius 1 is 1.57 bits per heavy atom. The number of aromatic nitrogens is 2. The van der Waals surface area contributed by atoms with Crippen LogP contribution in [-0.4, -0.2) is 47.5 Å². The fraction of sp³-hybridized carbons (Fsp3) is 0.500. The van der Waals surface area contributed by atoms with E-state index in [1.54, 1.807) is 9.30 Å². The maximum atomic E-state index is 12.6. The molecule has 0 radical (unpaired) electrons. The number of nitrogens with two attached hydrogens (primary N) is 1. The summed E-state index contributed by atoms with van der Waals surface area (Å²) < 4.78 is 24.1. The van der Waals surface area contributed by atoms with Gasteiger partial charge in [-0.1, -0.05) is 0 Å². The first-order chi connectivity index (χ1) is 9.85. The van der Waals surface area contributed by atoms with Crippen LogP contribution in [0.25, 0.3) is 4.96 Å². The van der Waals surface area contributed by atoms with Crippen molar-refractivity contribution in [2.45, 2.75) is 13.3 Å². The third-order valence-electron chi connectivity index (χ3n) is 3.68. The lowest BCUT2D eigenvalue weighted by molar-refractivity contribution is 0.0780. The van der Waals surface area contributed by atoms with Crippen LogP contribution in [0.2, 0.25) is 0 Å². The average Bonchev–Trinajstić information content (AvgIpc) is 3.01. The number of thiazole rings is 1. The minimum absolute atomic E-state index is 0.0734. The summed E-state index contributed by atoms with van der Waals surface area (Å²) in [5.41, 5.74) is 1.25. The minimum atomic E-state index is -3.50. The topological polar surface area (TPSA) is 97.8 Å². The van der Waals surface area contributed by atoms with Gasteiger partial charge in [-0.25, -0.2) is 18.5 Å². The standard InChI is InChI=1S/C12H16N4O3S2/c1-8-10(16-4-5-20-12(16)14-8)11(17)15-3-2-9(6-15)7-21(13,18)19/h4-5,9H,2-3,6-7H2,1H3,(H2,13,18,19). The van der Waals surface area contributed by atoms with Crippen molar-refractivity contribution in [2.24, 2.45) is 11.1 Å². The van der Waals surface area contributed by atoms with E-state index in [1.807, 2.05) is 18.5 Å². The zero-order valence-corrected chi connectivity index (χ0v) is 13.2. The van der Waals surface area contributed by atoms with E-state index in [9.17, 15) is 13.2 Å². The van der Waals surface area contributed by atoms with Gasteiger partial charge in [0, 0.05) is 24.7 Å². The van der Waals surface area contributed by atoms with Crippen molar-refractivity contribution in [1.29, 1.82) is 0 Å². The highest BCUT2D eigenvalue weighted by Crippen LogP contribution is 2.23. The van der Waals surface area contributed by atoms with Crippen LogP contribution in [0.5, 0.6) is 0 Å². The molecule has 1 amide bonds. The van der Waals surface area contributed by atoms with Crippen LogP contribution in [-0.2, 0) is 10.0 Å². The molecule has 1 fully saturated rings. The minimum Gasteiger partial charge on any atom is -0.337 e. The van der Waals surface area contributed by atoms with Crippen LogP contribution >= 0.6 is 11.3 Å². The molecule has 0 aromatic carbocycles. The smallest absolute Gasteiger partial charge is 0.272 e. The van der Waals surface area contributed by atoms with E-state index in [2.05, 4.69) is 4.98 Å². The summed E-state index contributed by atoms with van der Waals surface area (Å²) in [6, 6.07) is 0. The molecule has 1 aliphatic heterocycles. The molecule has 1 atom stereocenters. The van der Waals surface area contributed by atoms with Crippen LogP contribution < -0.4 is 5.14 Å². The van der Waals surface area contributed by atoms with E-state index < -0.39 is 10.0 Å². The molecular weight excluding hydrogens is 312 g/mol. The number of primary sulfonamides is 1. The van der Waals surface area contributed by atoms with Crippen LogP contribution in [0.4, 0.5) is 0 Å². The number of hydrogen-bond donors (Lipinski definition) is 1. The Morgan fingerprint density at radius 3 is 3.05 bits per heavy atom. The molecule has 1 saturated heterocycles. The van der Waals surface area contributed by atoms with E-state index in [4.69, 9.17) is 5.14 Å². The highest BCUT2D eigenvalue weighted by molar-refractivity contribution is 7.89. The number of hydrogen-bond acceptors (Lipinski definition) is 5. The fourth-order valence-electron chi connectivity index (χ4n) is 2.78. The summed E-state index contributed by atoms with van der Waals surface area (Å²) in [7, 11) is -3.50. The lowest BCUT2D eigenvalue weighted by Gasteiger charge is -2.16. The Kier molecular flexibility index (Phi) is 3.50. The molecule has 0 bridgehead atoms. The molecule has 0 spiro atoms. The first-order valence-corrected chi connectivity index (χ1v) is 9.16. The second-order valence-electron chi connectivity index (χ2n) is 5.34. The van der Waals surface area contributed by atoms with Crippen molar-refractivity contribution in [3.8, 4) is 0 Å². The molecule has 2 aromatic heterocycles. The Morgan fingerprint density at radius 2 is 2.33 bits per heavy atom. The Balaban J connectivity index is 1.80. The maximum Gasteiger partial charge on any atom is 0.272 e. The summed E-state index contributed by atoms with van der Waals surface area (Å²) in [6.45, 7) is 2.78. The second kappa shape index (κ2) is 5.08. The van der Waals surface area contributed by atoms with Crippen molar-refractivity contribution in [3.63, 3.8) is 0 Å². The van der Waals surface area contributed by atoms with E-state index in [1.165, 1.54) is 11.3 Å². The number of amides is 1. The normalized spacial score (nSPS) is 19.5. The average molecular weight is 328 g/mol. The Bertz CT molecular complexity index is 793. The number of rotatable bonds is 3. The number of carbonyl (C=O) groups excluding carboxylic acids is 1. The third kappa shape index (κ3) is 2.81. The Labute approximate surface area is 126 Å². The number of carbonyl (C=O) groups is 1. The molecule has 7 nitrogen and oxygen atoms in total. The van der Waals surface area contributed by atoms with Gasteiger partial charge in [-0.3, -0.25) is 9.20 Å². The van der Waals surface area contributed by atoms with Gasteiger partial charge in [-0.15, -0.1) is 11.3 Å². The van der Waals surface area contributed by atoms with Gasteiger partial charge < -0.3 is 4.90 Å². The number of imidazole rings is 1. The zero-order valence-electron chi connectivity index (χ0n) is 11.5. The first kappa shape index (κ1) is 14.5. The van der Waals surface area contributed by atoms with Gasteiger partial charge in [-0.2, -0.15) is 0 Å². The quantitative estimate of drug-likeness (QED) is 0.884. The van der Waals surface area contributed by atoms with Gasteiger partial charge in [0.25, 0.3) is 5.91 Å². The maximum absolute atomic E-state index is 12.6. The summed E-state index contributed by atoms with van der Waals surface area (Å²) in [5, 5.41) is 6.95. The van der Waals surface area contributed by atoms with Gasteiger partial charge in [0.05, 0.1) is 11.4 Å². The van der Waals surface area contributed by atoms with Gasteiger partial charge >= 0.3 is 0 Å². The van der Waals surface area contributed by atoms with Crippen molar-refractivity contribution in [2.75, 3.05) is 18.8 Å². The summed E-state index contributed by atoms with van der Waals surface area (Å²) in [5.74, 6) is -0.263. The molecular formula is C12H16N4O3S2. The molecule has 9 heteroatoms. The van der Waals surface area contributed by atoms with Crippen LogP contribution in [0.3, 0.4) is 0 Å². The summed E-state index contributed by atoms with van der Waals surface area (Å²) in [6.07, 6.45) is 2.48. The molecule has 3 heterocycles. The molecule has 2 aromatic rings. The van der Waals surface area contributed by atoms with E-state index in [0.717, 1.165) is 4.96 Å². The summed E-state index contributed by atoms with van der Waals surface area (Å²) in [4.78, 5) is 19.5. The lowest BCUT2D eigenvalue weighted by atomic mass is 10.2. The molecule has 114 valence electrons. The van der Waals surface area contributed by atoms with Crippen molar-refractivity contribution in [1.82, 2.24) is 14.3 Å². The van der Waals surface area contributed by atoms with Gasteiger partial charge in [0.1, 0.15) is 5.69 Å². The van der Waals surface area contributed by atoms with Crippen molar-refractivity contribution in [3.05, 3.63) is 23.0 Å². The summed E-state index contributed by atoms with van der Waals surface area (Å²) >= 11 is 1.48. The predicted molar refractivity (Wildman–Crippen MR) is 79.8 cm³/mol. The highest BCUT2D eigenvalue weighted by atomic mass is 32.2. The van der Waals surface area contributed by atoms with Crippen LogP contribution in [0.1, 0.15) is 22.6 Å². The molecule has 2 N–H and O–H groups in total. The number of fused-ring (bicyclic) bond motifs is 1. The van der Waals surface area contributed by atoms with Crippen molar-refractivity contribution < 1.29 is 13.2 Å². The van der Waals surface area contributed by atoms with Gasteiger partial charge in [-0.05, 0) is 19.3 Å². The largest absolute Gasteiger partial charge is 0.337 e. The van der Waals surface area contributed by atoms with Crippen molar-refractivity contribution >= 4 is 32.2 Å². The third-order valence-corrected chi connectivity index (χ3v) is 5.37. The SMILES string of the molecule is Cc1nc2sccn2c1C(=O)N1CCC(CS(N)(=O)=O)C1. The van der Waals surface area contributed by atoms with E-state index in [0.29, 0.717) is 30.9 Å². The van der Waals surface area contributed by atoms with Crippen LogP contribution in [0, 0.1) is 12.8 Å². The molecule has 21 heavy (non-hydrogen) atoms. The molecule has 0 saturated carbocycles. The number of aryl methyl sites for hydroxylation is 1. The highest BCUT2D eigenvalue weighted by Gasteiger charge is 2.31. The van der Waals surface area contributed by atoms with Crippen LogP contribution in [0.15, 0.2) is 11.6 Å². The first-order valence-electron chi connectivity index (χ1n) is 6.57. The zero-order chi connectivity index (χ0) is 15.2. The molecule has 3 rings (SSSR count). The van der Waals surface area contributed by atoms with E-state index >= 15 is 0 Å². The molecule has 1 aliphatic rings. The number of nitrogens with zero attached hydrogens (tertiary/aromatic N) is 3. The second-order valence-corrected chi connectivity index (χ2v) is 7.87. The lowest BCUT2D eigenvalue weighted by Crippen LogP contribution is -2.31. The van der Waals surface area contributed by atoms with Gasteiger partial charge in [0.15, 0.2) is 4.96 Å². The Hall–Kier alpha value is -1.45.